The molecule has 27 heavy (non-hydrogen) atoms. The van der Waals surface area contributed by atoms with E-state index < -0.39 is 0 Å². The molecule has 1 N–H and O–H groups in total. The number of aromatic nitrogens is 1. The Balaban J connectivity index is 1.51. The maximum absolute atomic E-state index is 12.8. The zero-order chi connectivity index (χ0) is 18.6. The minimum atomic E-state index is 0.0758. The fraction of sp³-hybridized carbons (Fsp3) is 0.273. The van der Waals surface area contributed by atoms with E-state index in [2.05, 4.69) is 22.4 Å². The Kier molecular flexibility index (Phi) is 5.03. The van der Waals surface area contributed by atoms with Gasteiger partial charge in [-0.1, -0.05) is 24.3 Å². The first-order valence-electron chi connectivity index (χ1n) is 9.26. The van der Waals surface area contributed by atoms with Gasteiger partial charge in [0, 0.05) is 42.5 Å². The topological polar surface area (TPSA) is 54.5 Å². The molecule has 0 saturated carbocycles. The number of carbonyl (C=O) groups is 1. The summed E-state index contributed by atoms with van der Waals surface area (Å²) in [5.74, 6) is 0.0758. The van der Waals surface area contributed by atoms with Crippen molar-refractivity contribution in [2.45, 2.75) is 13.5 Å². The standard InChI is InChI=1S/C22H23N3O2/c1-16-19(22(26)25-9-11-27-12-10-25)6-4-8-20(16)23-14-17-13-18-5-2-3-7-21(18)24-15-17/h2-8,13,15,23H,9-12,14H2,1H3. The smallest absolute Gasteiger partial charge is 0.254 e. The van der Waals surface area contributed by atoms with E-state index in [-0.39, 0.29) is 5.91 Å². The molecule has 0 aliphatic carbocycles. The van der Waals surface area contributed by atoms with Crippen molar-refractivity contribution >= 4 is 22.5 Å². The lowest BCUT2D eigenvalue weighted by atomic mass is 10.0. The van der Waals surface area contributed by atoms with Gasteiger partial charge < -0.3 is 15.0 Å². The molecule has 138 valence electrons. The summed E-state index contributed by atoms with van der Waals surface area (Å²) in [6.45, 7) is 5.18. The van der Waals surface area contributed by atoms with Crippen molar-refractivity contribution < 1.29 is 9.53 Å². The minimum Gasteiger partial charge on any atom is -0.381 e. The first-order valence-corrected chi connectivity index (χ1v) is 9.26. The molecule has 1 fully saturated rings. The van der Waals surface area contributed by atoms with Crippen LogP contribution in [0, 0.1) is 6.92 Å². The van der Waals surface area contributed by atoms with Crippen LogP contribution in [-0.4, -0.2) is 42.1 Å². The second kappa shape index (κ2) is 7.76. The van der Waals surface area contributed by atoms with Gasteiger partial charge in [0.25, 0.3) is 5.91 Å². The highest BCUT2D eigenvalue weighted by Crippen LogP contribution is 2.22. The highest BCUT2D eigenvalue weighted by molar-refractivity contribution is 5.97. The fourth-order valence-electron chi connectivity index (χ4n) is 3.41. The van der Waals surface area contributed by atoms with Gasteiger partial charge in [-0.15, -0.1) is 0 Å². The quantitative estimate of drug-likeness (QED) is 0.771. The summed E-state index contributed by atoms with van der Waals surface area (Å²) in [5, 5.41) is 4.59. The molecule has 0 unspecified atom stereocenters. The SMILES string of the molecule is Cc1c(NCc2cnc3ccccc3c2)cccc1C(=O)N1CCOCC1. The van der Waals surface area contributed by atoms with E-state index in [4.69, 9.17) is 4.74 Å². The van der Waals surface area contributed by atoms with E-state index in [1.807, 2.05) is 54.4 Å². The van der Waals surface area contributed by atoms with Gasteiger partial charge in [0.2, 0.25) is 0 Å². The van der Waals surface area contributed by atoms with Crippen LogP contribution in [0.15, 0.2) is 54.7 Å². The summed E-state index contributed by atoms with van der Waals surface area (Å²) in [4.78, 5) is 19.2. The van der Waals surface area contributed by atoms with Gasteiger partial charge in [0.15, 0.2) is 0 Å². The Labute approximate surface area is 159 Å². The fourth-order valence-corrected chi connectivity index (χ4v) is 3.41. The molecule has 0 bridgehead atoms. The number of rotatable bonds is 4. The number of benzene rings is 2. The molecule has 0 atom stereocenters. The third-order valence-electron chi connectivity index (χ3n) is 4.99. The molecule has 1 amide bonds. The maximum Gasteiger partial charge on any atom is 0.254 e. The number of nitrogens with zero attached hydrogens (tertiary/aromatic N) is 2. The summed E-state index contributed by atoms with van der Waals surface area (Å²) in [6, 6.07) is 16.1. The summed E-state index contributed by atoms with van der Waals surface area (Å²) >= 11 is 0. The van der Waals surface area contributed by atoms with Crippen LogP contribution in [0.2, 0.25) is 0 Å². The number of carbonyl (C=O) groups excluding carboxylic acids is 1. The molecule has 4 rings (SSSR count). The molecule has 2 aromatic carbocycles. The number of amides is 1. The summed E-state index contributed by atoms with van der Waals surface area (Å²) < 4.78 is 5.35. The van der Waals surface area contributed by atoms with Crippen LogP contribution >= 0.6 is 0 Å². The second-order valence-electron chi connectivity index (χ2n) is 6.77. The highest BCUT2D eigenvalue weighted by Gasteiger charge is 2.20. The van der Waals surface area contributed by atoms with Crippen molar-refractivity contribution in [2.75, 3.05) is 31.6 Å². The molecule has 3 aromatic rings. The Morgan fingerprint density at radius 1 is 1.15 bits per heavy atom. The molecule has 1 aliphatic heterocycles. The highest BCUT2D eigenvalue weighted by atomic mass is 16.5. The van der Waals surface area contributed by atoms with Gasteiger partial charge in [0.1, 0.15) is 0 Å². The van der Waals surface area contributed by atoms with E-state index >= 15 is 0 Å². The molecule has 0 radical (unpaired) electrons. The van der Waals surface area contributed by atoms with Crippen LogP contribution in [0.4, 0.5) is 5.69 Å². The number of morpholine rings is 1. The number of nitrogens with one attached hydrogen (secondary N) is 1. The van der Waals surface area contributed by atoms with E-state index in [0.29, 0.717) is 32.8 Å². The number of hydrogen-bond acceptors (Lipinski definition) is 4. The lowest BCUT2D eigenvalue weighted by Crippen LogP contribution is -2.41. The Morgan fingerprint density at radius 2 is 1.96 bits per heavy atom. The van der Waals surface area contributed by atoms with Crippen molar-refractivity contribution in [3.05, 3.63) is 71.4 Å². The third kappa shape index (κ3) is 3.78. The van der Waals surface area contributed by atoms with Gasteiger partial charge in [-0.3, -0.25) is 9.78 Å². The van der Waals surface area contributed by atoms with Gasteiger partial charge in [0.05, 0.1) is 18.7 Å². The van der Waals surface area contributed by atoms with Gasteiger partial charge in [-0.05, 0) is 42.3 Å². The van der Waals surface area contributed by atoms with Gasteiger partial charge in [-0.25, -0.2) is 0 Å². The summed E-state index contributed by atoms with van der Waals surface area (Å²) in [6.07, 6.45) is 1.90. The summed E-state index contributed by atoms with van der Waals surface area (Å²) in [7, 11) is 0. The summed E-state index contributed by atoms with van der Waals surface area (Å²) in [5.41, 5.74) is 4.80. The van der Waals surface area contributed by atoms with Crippen LogP contribution in [0.3, 0.4) is 0 Å². The van der Waals surface area contributed by atoms with Crippen LogP contribution in [0.1, 0.15) is 21.5 Å². The lowest BCUT2D eigenvalue weighted by Gasteiger charge is -2.27. The second-order valence-corrected chi connectivity index (χ2v) is 6.77. The number of anilines is 1. The molecular weight excluding hydrogens is 338 g/mol. The number of ether oxygens (including phenoxy) is 1. The Hall–Kier alpha value is -2.92. The normalized spacial score (nSPS) is 14.3. The van der Waals surface area contributed by atoms with Crippen LogP contribution < -0.4 is 5.32 Å². The van der Waals surface area contributed by atoms with Crippen LogP contribution in [0.25, 0.3) is 10.9 Å². The number of fused-ring (bicyclic) bond motifs is 1. The van der Waals surface area contributed by atoms with Crippen molar-refractivity contribution in [1.82, 2.24) is 9.88 Å². The molecule has 5 heteroatoms. The van der Waals surface area contributed by atoms with E-state index in [1.54, 1.807) is 0 Å². The van der Waals surface area contributed by atoms with Gasteiger partial charge >= 0.3 is 0 Å². The van der Waals surface area contributed by atoms with E-state index in [1.165, 1.54) is 0 Å². The first kappa shape index (κ1) is 17.5. The third-order valence-corrected chi connectivity index (χ3v) is 4.99. The number of hydrogen-bond donors (Lipinski definition) is 1. The molecule has 5 nitrogen and oxygen atoms in total. The largest absolute Gasteiger partial charge is 0.381 e. The predicted molar refractivity (Wildman–Crippen MR) is 107 cm³/mol. The predicted octanol–water partition coefficient (Wildman–Crippen LogP) is 3.63. The van der Waals surface area contributed by atoms with Gasteiger partial charge in [-0.2, -0.15) is 0 Å². The average molecular weight is 361 g/mol. The zero-order valence-corrected chi connectivity index (χ0v) is 15.4. The number of para-hydroxylation sites is 1. The lowest BCUT2D eigenvalue weighted by molar-refractivity contribution is 0.0302. The van der Waals surface area contributed by atoms with Crippen molar-refractivity contribution in [1.29, 1.82) is 0 Å². The van der Waals surface area contributed by atoms with Crippen molar-refractivity contribution in [3.63, 3.8) is 0 Å². The van der Waals surface area contributed by atoms with Crippen LogP contribution in [-0.2, 0) is 11.3 Å². The Bertz CT molecular complexity index is 965. The average Bonchev–Trinajstić information content (AvgIpc) is 2.73. The monoisotopic (exact) mass is 361 g/mol. The van der Waals surface area contributed by atoms with Crippen LogP contribution in [0.5, 0.6) is 0 Å². The molecule has 0 spiro atoms. The molecule has 2 heterocycles. The first-order chi connectivity index (χ1) is 13.2. The van der Waals surface area contributed by atoms with E-state index in [0.717, 1.165) is 33.3 Å². The Morgan fingerprint density at radius 3 is 2.81 bits per heavy atom. The maximum atomic E-state index is 12.8. The minimum absolute atomic E-state index is 0.0758. The molecule has 1 aromatic heterocycles. The number of pyridine rings is 1. The van der Waals surface area contributed by atoms with Crippen molar-refractivity contribution in [2.24, 2.45) is 0 Å². The van der Waals surface area contributed by atoms with Crippen molar-refractivity contribution in [3.8, 4) is 0 Å². The molecule has 1 aliphatic rings. The van der Waals surface area contributed by atoms with E-state index in [9.17, 15) is 4.79 Å². The molecular formula is C22H23N3O2. The molecule has 1 saturated heterocycles. The zero-order valence-electron chi connectivity index (χ0n) is 15.4.